The molecule has 15 heavy (non-hydrogen) atoms. The van der Waals surface area contributed by atoms with Crippen LogP contribution in [0, 0.1) is 0 Å². The van der Waals surface area contributed by atoms with E-state index in [0.29, 0.717) is 0 Å². The molecule has 86 valence electrons. The Morgan fingerprint density at radius 3 is 3.07 bits per heavy atom. The summed E-state index contributed by atoms with van der Waals surface area (Å²) < 4.78 is 7.15. The molecule has 0 aliphatic heterocycles. The van der Waals surface area contributed by atoms with E-state index in [-0.39, 0.29) is 0 Å². The number of aryl methyl sites for hydroxylation is 1. The van der Waals surface area contributed by atoms with Crippen LogP contribution in [0.2, 0.25) is 0 Å². The Hall–Kier alpha value is -1.03. The van der Waals surface area contributed by atoms with Crippen LogP contribution in [0.1, 0.15) is 26.2 Å². The zero-order valence-corrected chi connectivity index (χ0v) is 9.70. The van der Waals surface area contributed by atoms with Gasteiger partial charge in [0, 0.05) is 39.2 Å². The Kier molecular flexibility index (Phi) is 5.85. The van der Waals surface area contributed by atoms with Crippen LogP contribution < -0.4 is 5.32 Å². The summed E-state index contributed by atoms with van der Waals surface area (Å²) in [5, 5.41) is 3.31. The highest BCUT2D eigenvalue weighted by Gasteiger charge is 2.00. The Morgan fingerprint density at radius 2 is 2.33 bits per heavy atom. The molecule has 0 saturated heterocycles. The van der Waals surface area contributed by atoms with Gasteiger partial charge in [0.2, 0.25) is 5.95 Å². The summed E-state index contributed by atoms with van der Waals surface area (Å²) in [4.78, 5) is 4.28. The molecule has 0 amide bonds. The molecule has 4 heteroatoms. The van der Waals surface area contributed by atoms with Gasteiger partial charge in [-0.2, -0.15) is 0 Å². The van der Waals surface area contributed by atoms with Crippen LogP contribution in [0.3, 0.4) is 0 Å². The van der Waals surface area contributed by atoms with Gasteiger partial charge in [-0.05, 0) is 12.8 Å². The van der Waals surface area contributed by atoms with Gasteiger partial charge in [-0.1, -0.05) is 13.3 Å². The van der Waals surface area contributed by atoms with E-state index in [1.54, 1.807) is 7.11 Å². The van der Waals surface area contributed by atoms with E-state index in [9.17, 15) is 0 Å². The molecule has 0 aliphatic rings. The fourth-order valence-electron chi connectivity index (χ4n) is 1.40. The topological polar surface area (TPSA) is 39.1 Å². The highest BCUT2D eigenvalue weighted by molar-refractivity contribution is 5.25. The number of methoxy groups -OCH3 is 1. The minimum absolute atomic E-state index is 0.794. The van der Waals surface area contributed by atoms with Crippen molar-refractivity contribution in [2.24, 2.45) is 0 Å². The number of unbranched alkanes of at least 4 members (excludes halogenated alkanes) is 1. The molecule has 1 aromatic heterocycles. The van der Waals surface area contributed by atoms with Crippen LogP contribution in [0.25, 0.3) is 0 Å². The van der Waals surface area contributed by atoms with Gasteiger partial charge >= 0.3 is 0 Å². The fraction of sp³-hybridized carbons (Fsp3) is 0.727. The second-order valence-corrected chi connectivity index (χ2v) is 3.57. The zero-order valence-electron chi connectivity index (χ0n) is 9.70. The molecule has 0 unspecified atom stereocenters. The molecule has 0 radical (unpaired) electrons. The third-order valence-corrected chi connectivity index (χ3v) is 2.28. The first-order valence-corrected chi connectivity index (χ1v) is 5.62. The molecule has 1 heterocycles. The van der Waals surface area contributed by atoms with Gasteiger partial charge in [0.1, 0.15) is 0 Å². The third kappa shape index (κ3) is 4.34. The number of hydrogen-bond donors (Lipinski definition) is 1. The van der Waals surface area contributed by atoms with Crippen molar-refractivity contribution in [1.29, 1.82) is 0 Å². The lowest BCUT2D eigenvalue weighted by Gasteiger charge is -2.08. The Labute approximate surface area is 91.7 Å². The summed E-state index contributed by atoms with van der Waals surface area (Å²) >= 11 is 0. The van der Waals surface area contributed by atoms with Crippen molar-refractivity contribution >= 4 is 5.95 Å². The van der Waals surface area contributed by atoms with Crippen molar-refractivity contribution < 1.29 is 4.74 Å². The van der Waals surface area contributed by atoms with Crippen LogP contribution >= 0.6 is 0 Å². The van der Waals surface area contributed by atoms with Crippen LogP contribution in [-0.4, -0.2) is 29.8 Å². The molecule has 0 fully saturated rings. The molecule has 1 rings (SSSR count). The smallest absolute Gasteiger partial charge is 0.202 e. The number of ether oxygens (including phenoxy) is 1. The Morgan fingerprint density at radius 1 is 1.47 bits per heavy atom. The molecular formula is C11H21N3O. The van der Waals surface area contributed by atoms with E-state index in [1.807, 2.05) is 12.4 Å². The summed E-state index contributed by atoms with van der Waals surface area (Å²) in [5.74, 6) is 0.972. The van der Waals surface area contributed by atoms with Gasteiger partial charge in [0.15, 0.2) is 0 Å². The predicted molar refractivity (Wildman–Crippen MR) is 62.1 cm³/mol. The van der Waals surface area contributed by atoms with Crippen molar-refractivity contribution in [3.05, 3.63) is 12.4 Å². The molecule has 0 atom stereocenters. The van der Waals surface area contributed by atoms with Crippen LogP contribution in [-0.2, 0) is 11.3 Å². The summed E-state index contributed by atoms with van der Waals surface area (Å²) in [7, 11) is 1.72. The van der Waals surface area contributed by atoms with Gasteiger partial charge in [-0.25, -0.2) is 4.98 Å². The first-order valence-electron chi connectivity index (χ1n) is 5.62. The van der Waals surface area contributed by atoms with Gasteiger partial charge in [0.25, 0.3) is 0 Å². The maximum Gasteiger partial charge on any atom is 0.202 e. The highest BCUT2D eigenvalue weighted by Crippen LogP contribution is 2.06. The molecule has 0 bridgehead atoms. The van der Waals surface area contributed by atoms with E-state index in [0.717, 1.165) is 32.1 Å². The number of hydrogen-bond acceptors (Lipinski definition) is 3. The molecule has 1 aromatic rings. The van der Waals surface area contributed by atoms with Gasteiger partial charge in [0.05, 0.1) is 0 Å². The largest absolute Gasteiger partial charge is 0.385 e. The normalized spacial score (nSPS) is 10.5. The third-order valence-electron chi connectivity index (χ3n) is 2.28. The van der Waals surface area contributed by atoms with E-state index in [1.165, 1.54) is 12.8 Å². The number of nitrogens with one attached hydrogen (secondary N) is 1. The minimum Gasteiger partial charge on any atom is -0.385 e. The lowest BCUT2D eigenvalue weighted by Crippen LogP contribution is -2.10. The summed E-state index contributed by atoms with van der Waals surface area (Å²) in [5.41, 5.74) is 0. The molecule has 1 N–H and O–H groups in total. The second-order valence-electron chi connectivity index (χ2n) is 3.57. The second kappa shape index (κ2) is 7.29. The molecule has 0 aromatic carbocycles. The number of rotatable bonds is 8. The maximum absolute atomic E-state index is 4.99. The van der Waals surface area contributed by atoms with Crippen molar-refractivity contribution in [2.75, 3.05) is 25.6 Å². The zero-order chi connectivity index (χ0) is 10.9. The average Bonchev–Trinajstić information content (AvgIpc) is 2.69. The first kappa shape index (κ1) is 12.0. The van der Waals surface area contributed by atoms with Crippen molar-refractivity contribution in [3.63, 3.8) is 0 Å². The lowest BCUT2D eigenvalue weighted by atomic mass is 10.3. The monoisotopic (exact) mass is 211 g/mol. The fourth-order valence-corrected chi connectivity index (χ4v) is 1.40. The number of aromatic nitrogens is 2. The van der Waals surface area contributed by atoms with Crippen molar-refractivity contribution in [1.82, 2.24) is 9.55 Å². The van der Waals surface area contributed by atoms with Crippen LogP contribution in [0.5, 0.6) is 0 Å². The van der Waals surface area contributed by atoms with Gasteiger partial charge in [-0.15, -0.1) is 0 Å². The molecule has 0 aliphatic carbocycles. The molecule has 0 saturated carbocycles. The van der Waals surface area contributed by atoms with Crippen LogP contribution in [0.15, 0.2) is 12.4 Å². The Balaban J connectivity index is 2.29. The van der Waals surface area contributed by atoms with E-state index in [2.05, 4.69) is 21.8 Å². The molecular weight excluding hydrogens is 190 g/mol. The lowest BCUT2D eigenvalue weighted by molar-refractivity contribution is 0.197. The van der Waals surface area contributed by atoms with Gasteiger partial charge in [-0.3, -0.25) is 0 Å². The quantitative estimate of drug-likeness (QED) is 0.669. The Bertz CT molecular complexity index is 260. The molecule has 0 spiro atoms. The van der Waals surface area contributed by atoms with E-state index in [4.69, 9.17) is 4.74 Å². The number of anilines is 1. The average molecular weight is 211 g/mol. The highest BCUT2D eigenvalue weighted by atomic mass is 16.5. The maximum atomic E-state index is 4.99. The van der Waals surface area contributed by atoms with Gasteiger partial charge < -0.3 is 14.6 Å². The first-order chi connectivity index (χ1) is 7.38. The summed E-state index contributed by atoms with van der Waals surface area (Å²) in [6.07, 6.45) is 7.28. The summed E-state index contributed by atoms with van der Waals surface area (Å²) in [6, 6.07) is 0. The number of nitrogens with zero attached hydrogens (tertiary/aromatic N) is 2. The summed E-state index contributed by atoms with van der Waals surface area (Å²) in [6.45, 7) is 4.95. The van der Waals surface area contributed by atoms with Crippen molar-refractivity contribution in [2.45, 2.75) is 32.7 Å². The molecule has 4 nitrogen and oxygen atoms in total. The minimum atomic E-state index is 0.794. The predicted octanol–water partition coefficient (Wildman–Crippen LogP) is 2.13. The standard InChI is InChI=1S/C11H21N3O/c1-3-4-8-14-9-7-13-11(14)12-6-5-10-15-2/h7,9H,3-6,8,10H2,1-2H3,(H,12,13). The van der Waals surface area contributed by atoms with Crippen LogP contribution in [0.4, 0.5) is 5.95 Å². The van der Waals surface area contributed by atoms with E-state index < -0.39 is 0 Å². The SMILES string of the molecule is CCCCn1ccnc1NCCCOC. The number of imidazole rings is 1. The van der Waals surface area contributed by atoms with E-state index >= 15 is 0 Å². The van der Waals surface area contributed by atoms with Crippen molar-refractivity contribution in [3.8, 4) is 0 Å².